The molecular formula is C20H19FO3. The van der Waals surface area contributed by atoms with E-state index in [0.717, 1.165) is 22.8 Å². The molecule has 0 bridgehead atoms. The average Bonchev–Trinajstić information content (AvgIpc) is 2.55. The van der Waals surface area contributed by atoms with Crippen molar-refractivity contribution in [2.24, 2.45) is 0 Å². The van der Waals surface area contributed by atoms with Gasteiger partial charge in [0.05, 0.1) is 0 Å². The predicted octanol–water partition coefficient (Wildman–Crippen LogP) is 4.19. The fourth-order valence-corrected chi connectivity index (χ4v) is 2.29. The molecule has 124 valence electrons. The fourth-order valence-electron chi connectivity index (χ4n) is 2.29. The average molecular weight is 326 g/mol. The molecule has 0 spiro atoms. The molecule has 3 nitrogen and oxygen atoms in total. The van der Waals surface area contributed by atoms with E-state index >= 15 is 0 Å². The summed E-state index contributed by atoms with van der Waals surface area (Å²) in [7, 11) is 0. The van der Waals surface area contributed by atoms with Crippen LogP contribution in [0.15, 0.2) is 42.5 Å². The monoisotopic (exact) mass is 326 g/mol. The van der Waals surface area contributed by atoms with Crippen LogP contribution in [0, 0.1) is 26.6 Å². The third-order valence-electron chi connectivity index (χ3n) is 3.79. The molecule has 0 atom stereocenters. The van der Waals surface area contributed by atoms with Gasteiger partial charge in [0.2, 0.25) is 5.78 Å². The molecule has 0 aliphatic carbocycles. The Labute approximate surface area is 140 Å². The summed E-state index contributed by atoms with van der Waals surface area (Å²) >= 11 is 0. The van der Waals surface area contributed by atoms with Crippen LogP contribution in [0.5, 0.6) is 0 Å². The Hall–Kier alpha value is -2.75. The van der Waals surface area contributed by atoms with Crippen molar-refractivity contribution in [3.8, 4) is 0 Å². The lowest BCUT2D eigenvalue weighted by Crippen LogP contribution is -2.14. The molecule has 0 saturated heterocycles. The molecule has 0 aliphatic heterocycles. The molecule has 0 radical (unpaired) electrons. The van der Waals surface area contributed by atoms with Crippen molar-refractivity contribution < 1.29 is 18.7 Å². The highest BCUT2D eigenvalue weighted by atomic mass is 19.1. The van der Waals surface area contributed by atoms with E-state index in [9.17, 15) is 14.0 Å². The number of halogens is 1. The van der Waals surface area contributed by atoms with E-state index in [1.54, 1.807) is 24.3 Å². The maximum Gasteiger partial charge on any atom is 0.331 e. The lowest BCUT2D eigenvalue weighted by Gasteiger charge is -2.09. The lowest BCUT2D eigenvalue weighted by atomic mass is 9.98. The molecule has 4 heteroatoms. The zero-order chi connectivity index (χ0) is 17.7. The van der Waals surface area contributed by atoms with Gasteiger partial charge in [0, 0.05) is 17.2 Å². The highest BCUT2D eigenvalue weighted by Gasteiger charge is 2.12. The zero-order valence-electron chi connectivity index (χ0n) is 13.9. The molecule has 0 heterocycles. The third kappa shape index (κ3) is 4.38. The lowest BCUT2D eigenvalue weighted by molar-refractivity contribution is -0.136. The number of carbonyl (C=O) groups is 2. The number of ether oxygens (including phenoxy) is 1. The van der Waals surface area contributed by atoms with Crippen LogP contribution in [0.25, 0.3) is 6.08 Å². The topological polar surface area (TPSA) is 43.4 Å². The first-order chi connectivity index (χ1) is 11.4. The van der Waals surface area contributed by atoms with Crippen molar-refractivity contribution in [1.29, 1.82) is 0 Å². The van der Waals surface area contributed by atoms with Gasteiger partial charge in [0.15, 0.2) is 6.61 Å². The third-order valence-corrected chi connectivity index (χ3v) is 3.79. The van der Waals surface area contributed by atoms with Gasteiger partial charge in [0.25, 0.3) is 0 Å². The van der Waals surface area contributed by atoms with Crippen LogP contribution >= 0.6 is 0 Å². The maximum absolute atomic E-state index is 13.4. The smallest absolute Gasteiger partial charge is 0.331 e. The second-order valence-electron chi connectivity index (χ2n) is 5.64. The van der Waals surface area contributed by atoms with Crippen LogP contribution < -0.4 is 0 Å². The molecule has 0 unspecified atom stereocenters. The number of hydrogen-bond donors (Lipinski definition) is 0. The van der Waals surface area contributed by atoms with E-state index in [4.69, 9.17) is 4.74 Å². The standard InChI is InChI=1S/C20H19FO3/c1-13-10-15(3)17(11-14(13)2)19(22)12-24-20(23)9-8-16-6-4-5-7-18(16)21/h4-11H,12H2,1-3H3/b9-8+. The van der Waals surface area contributed by atoms with Gasteiger partial charge in [-0.05, 0) is 55.7 Å². The molecule has 0 aliphatic rings. The van der Waals surface area contributed by atoms with Crippen LogP contribution in [0.1, 0.15) is 32.6 Å². The number of ketones is 1. The largest absolute Gasteiger partial charge is 0.454 e. The minimum absolute atomic E-state index is 0.261. The molecule has 0 fully saturated rings. The fraction of sp³-hybridized carbons (Fsp3) is 0.200. The van der Waals surface area contributed by atoms with Gasteiger partial charge in [-0.25, -0.2) is 9.18 Å². The molecular weight excluding hydrogens is 307 g/mol. The van der Waals surface area contributed by atoms with Gasteiger partial charge in [-0.3, -0.25) is 4.79 Å². The van der Waals surface area contributed by atoms with Gasteiger partial charge in [0.1, 0.15) is 5.82 Å². The molecule has 0 saturated carbocycles. The number of benzene rings is 2. The van der Waals surface area contributed by atoms with Gasteiger partial charge in [-0.2, -0.15) is 0 Å². The van der Waals surface area contributed by atoms with E-state index in [-0.39, 0.29) is 18.0 Å². The number of rotatable bonds is 5. The summed E-state index contributed by atoms with van der Waals surface area (Å²) in [6, 6.07) is 9.81. The van der Waals surface area contributed by atoms with Crippen LogP contribution in [-0.4, -0.2) is 18.4 Å². The summed E-state index contributed by atoms with van der Waals surface area (Å²) in [6.07, 6.45) is 2.43. The van der Waals surface area contributed by atoms with E-state index in [0.29, 0.717) is 5.56 Å². The van der Waals surface area contributed by atoms with Crippen molar-refractivity contribution >= 4 is 17.8 Å². The van der Waals surface area contributed by atoms with Gasteiger partial charge in [-0.15, -0.1) is 0 Å². The Morgan fingerprint density at radius 3 is 2.42 bits per heavy atom. The maximum atomic E-state index is 13.4. The van der Waals surface area contributed by atoms with Crippen LogP contribution in [0.4, 0.5) is 4.39 Å². The predicted molar refractivity (Wildman–Crippen MR) is 91.4 cm³/mol. The van der Waals surface area contributed by atoms with Gasteiger partial charge < -0.3 is 4.74 Å². The first-order valence-corrected chi connectivity index (χ1v) is 7.59. The Bertz CT molecular complexity index is 807. The second kappa shape index (κ2) is 7.68. The summed E-state index contributed by atoms with van der Waals surface area (Å²) in [5.74, 6) is -1.38. The van der Waals surface area contributed by atoms with E-state index < -0.39 is 11.8 Å². The van der Waals surface area contributed by atoms with Crippen LogP contribution in [0.3, 0.4) is 0 Å². The summed E-state index contributed by atoms with van der Waals surface area (Å²) in [4.78, 5) is 23.9. The van der Waals surface area contributed by atoms with Crippen molar-refractivity contribution in [3.63, 3.8) is 0 Å². The minimum Gasteiger partial charge on any atom is -0.454 e. The second-order valence-corrected chi connectivity index (χ2v) is 5.64. The first-order valence-electron chi connectivity index (χ1n) is 7.59. The van der Waals surface area contributed by atoms with Crippen molar-refractivity contribution in [3.05, 3.63) is 76.1 Å². The summed E-state index contributed by atoms with van der Waals surface area (Å²) in [6.45, 7) is 5.40. The molecule has 2 rings (SSSR count). The Kier molecular flexibility index (Phi) is 5.64. The quantitative estimate of drug-likeness (QED) is 0.470. The highest BCUT2D eigenvalue weighted by molar-refractivity contribution is 6.00. The minimum atomic E-state index is -0.687. The van der Waals surface area contributed by atoms with E-state index in [2.05, 4.69) is 0 Å². The molecule has 2 aromatic rings. The summed E-state index contributed by atoms with van der Waals surface area (Å²) < 4.78 is 18.4. The summed E-state index contributed by atoms with van der Waals surface area (Å²) in [5.41, 5.74) is 3.79. The van der Waals surface area contributed by atoms with E-state index in [1.807, 2.05) is 26.8 Å². The number of esters is 1. The number of aryl methyl sites for hydroxylation is 3. The molecule has 0 amide bonds. The molecule has 2 aromatic carbocycles. The number of Topliss-reactive ketones (excluding diaryl/α,β-unsaturated/α-hetero) is 1. The van der Waals surface area contributed by atoms with Crippen LogP contribution in [0.2, 0.25) is 0 Å². The van der Waals surface area contributed by atoms with Crippen molar-refractivity contribution in [2.75, 3.05) is 6.61 Å². The molecule has 24 heavy (non-hydrogen) atoms. The van der Waals surface area contributed by atoms with Gasteiger partial charge in [-0.1, -0.05) is 24.3 Å². The Balaban J connectivity index is 1.98. The Morgan fingerprint density at radius 1 is 1.04 bits per heavy atom. The van der Waals surface area contributed by atoms with Crippen LogP contribution in [-0.2, 0) is 9.53 Å². The first kappa shape index (κ1) is 17.6. The number of carbonyl (C=O) groups excluding carboxylic acids is 2. The highest BCUT2D eigenvalue weighted by Crippen LogP contribution is 2.16. The molecule has 0 aromatic heterocycles. The Morgan fingerprint density at radius 2 is 1.71 bits per heavy atom. The summed E-state index contributed by atoms with van der Waals surface area (Å²) in [5, 5.41) is 0. The van der Waals surface area contributed by atoms with Crippen molar-refractivity contribution in [1.82, 2.24) is 0 Å². The van der Waals surface area contributed by atoms with Gasteiger partial charge >= 0.3 is 5.97 Å². The molecule has 0 N–H and O–H groups in total. The van der Waals surface area contributed by atoms with E-state index in [1.165, 1.54) is 12.1 Å². The number of hydrogen-bond acceptors (Lipinski definition) is 3. The van der Waals surface area contributed by atoms with Crippen molar-refractivity contribution in [2.45, 2.75) is 20.8 Å². The zero-order valence-corrected chi connectivity index (χ0v) is 13.9. The normalized spacial score (nSPS) is 10.8. The SMILES string of the molecule is Cc1cc(C)c(C(=O)COC(=O)/C=C/c2ccccc2F)cc1C.